The highest BCUT2D eigenvalue weighted by atomic mass is 15.3. The first-order chi connectivity index (χ1) is 11.7. The molecule has 0 heterocycles. The summed E-state index contributed by atoms with van der Waals surface area (Å²) in [5.74, 6) is -0.379. The maximum atomic E-state index is 9.74. The number of hydrogen-bond donors (Lipinski definition) is 3. The number of anilines is 1. The van der Waals surface area contributed by atoms with Crippen LogP contribution in [0, 0.1) is 28.1 Å². The highest BCUT2D eigenvalue weighted by Crippen LogP contribution is 2.39. The van der Waals surface area contributed by atoms with Gasteiger partial charge in [-0.1, -0.05) is 0 Å². The third-order valence-corrected chi connectivity index (χ3v) is 4.91. The van der Waals surface area contributed by atoms with Crippen LogP contribution >= 0.6 is 0 Å². The molecule has 4 N–H and O–H groups in total. The van der Waals surface area contributed by atoms with Gasteiger partial charge in [0.15, 0.2) is 5.84 Å². The fourth-order valence-electron chi connectivity index (χ4n) is 3.83. The van der Waals surface area contributed by atoms with Crippen LogP contribution in [-0.2, 0) is 25.7 Å². The van der Waals surface area contributed by atoms with E-state index in [1.54, 1.807) is 6.07 Å². The van der Waals surface area contributed by atoms with Crippen molar-refractivity contribution in [3.05, 3.63) is 27.8 Å². The van der Waals surface area contributed by atoms with E-state index in [9.17, 15) is 5.26 Å². The van der Waals surface area contributed by atoms with Crippen LogP contribution in [0.15, 0.2) is 5.10 Å². The molecule has 0 atom stereocenters. The second kappa shape index (κ2) is 6.72. The smallest absolute Gasteiger partial charge is 0.201 e. The van der Waals surface area contributed by atoms with Crippen molar-refractivity contribution in [2.75, 3.05) is 5.43 Å². The lowest BCUT2D eigenvalue weighted by molar-refractivity contribution is 0.640. The van der Waals surface area contributed by atoms with Crippen LogP contribution in [0.25, 0.3) is 0 Å². The second-order valence-electron chi connectivity index (χ2n) is 6.29. The normalized spacial score (nSPS) is 16.3. The Bertz CT molecular complexity index is 807. The lowest BCUT2D eigenvalue weighted by atomic mass is 9.77. The summed E-state index contributed by atoms with van der Waals surface area (Å²) in [7, 11) is 0. The average molecular weight is 320 g/mol. The number of fused-ring (bicyclic) bond motifs is 3. The van der Waals surface area contributed by atoms with Crippen molar-refractivity contribution >= 4 is 17.2 Å². The molecule has 122 valence electrons. The van der Waals surface area contributed by atoms with Gasteiger partial charge in [-0.05, 0) is 73.6 Å². The van der Waals surface area contributed by atoms with Gasteiger partial charge in [-0.15, -0.1) is 0 Å². The van der Waals surface area contributed by atoms with Crippen LogP contribution in [0.4, 0.5) is 5.69 Å². The molecule has 0 radical (unpaired) electrons. The molecule has 0 saturated heterocycles. The largest absolute Gasteiger partial charge is 0.382 e. The SMILES string of the molecule is N#C/C(=N\Nc1c(C#N)c2c(c3c1CCCC3)CCCC2)C(=N)N. The molecule has 0 aliphatic heterocycles. The molecule has 2 aliphatic rings. The first-order valence-electron chi connectivity index (χ1n) is 8.35. The topological polar surface area (TPSA) is 122 Å². The Morgan fingerprint density at radius 3 is 2.04 bits per heavy atom. The Morgan fingerprint density at radius 1 is 0.958 bits per heavy atom. The van der Waals surface area contributed by atoms with Gasteiger partial charge in [0.05, 0.1) is 11.3 Å². The maximum Gasteiger partial charge on any atom is 0.201 e. The van der Waals surface area contributed by atoms with Crippen molar-refractivity contribution in [1.29, 1.82) is 15.9 Å². The minimum Gasteiger partial charge on any atom is -0.382 e. The second-order valence-corrected chi connectivity index (χ2v) is 6.29. The number of nitrogens with one attached hydrogen (secondary N) is 2. The molecule has 3 rings (SSSR count). The molecule has 0 aromatic heterocycles. The minimum atomic E-state index is -0.379. The summed E-state index contributed by atoms with van der Waals surface area (Å²) in [6.45, 7) is 0. The quantitative estimate of drug-likeness (QED) is 0.450. The Morgan fingerprint density at radius 2 is 1.50 bits per heavy atom. The maximum absolute atomic E-state index is 9.74. The van der Waals surface area contributed by atoms with Gasteiger partial charge in [0.1, 0.15) is 12.1 Å². The Balaban J connectivity index is 2.16. The number of nitriles is 2. The van der Waals surface area contributed by atoms with E-state index >= 15 is 0 Å². The Hall–Kier alpha value is -2.86. The van der Waals surface area contributed by atoms with Gasteiger partial charge in [-0.3, -0.25) is 10.8 Å². The van der Waals surface area contributed by atoms with Gasteiger partial charge < -0.3 is 5.73 Å². The Labute approximate surface area is 141 Å². The summed E-state index contributed by atoms with van der Waals surface area (Å²) in [4.78, 5) is 0. The zero-order chi connectivity index (χ0) is 17.1. The van der Waals surface area contributed by atoms with Crippen LogP contribution in [0.1, 0.15) is 53.5 Å². The van der Waals surface area contributed by atoms with E-state index in [2.05, 4.69) is 16.6 Å². The molecule has 0 fully saturated rings. The van der Waals surface area contributed by atoms with Crippen molar-refractivity contribution in [3.63, 3.8) is 0 Å². The van der Waals surface area contributed by atoms with Crippen LogP contribution < -0.4 is 11.2 Å². The predicted molar refractivity (Wildman–Crippen MR) is 93.0 cm³/mol. The van der Waals surface area contributed by atoms with E-state index in [0.717, 1.165) is 49.7 Å². The number of rotatable bonds is 3. The summed E-state index contributed by atoms with van der Waals surface area (Å²) in [6.07, 6.45) is 8.46. The van der Waals surface area contributed by atoms with Crippen molar-refractivity contribution < 1.29 is 0 Å². The molecule has 0 unspecified atom stereocenters. The molecule has 0 amide bonds. The molecule has 6 heteroatoms. The molecule has 1 aromatic carbocycles. The number of hydrazone groups is 1. The molecule has 6 nitrogen and oxygen atoms in total. The van der Waals surface area contributed by atoms with Gasteiger partial charge in [-0.25, -0.2) is 0 Å². The summed E-state index contributed by atoms with van der Waals surface area (Å²) in [6, 6.07) is 4.15. The molecule has 1 aromatic rings. The van der Waals surface area contributed by atoms with Gasteiger partial charge in [0.2, 0.25) is 5.71 Å². The van der Waals surface area contributed by atoms with Crippen molar-refractivity contribution in [2.45, 2.75) is 51.4 Å². The van der Waals surface area contributed by atoms with E-state index in [4.69, 9.17) is 16.4 Å². The lowest BCUT2D eigenvalue weighted by Gasteiger charge is -2.29. The summed E-state index contributed by atoms with van der Waals surface area (Å²) in [5.41, 5.74) is 14.5. The van der Waals surface area contributed by atoms with Crippen molar-refractivity contribution in [3.8, 4) is 12.1 Å². The summed E-state index contributed by atoms with van der Waals surface area (Å²) in [5, 5.41) is 30.1. The van der Waals surface area contributed by atoms with Gasteiger partial charge in [0.25, 0.3) is 0 Å². The molecule has 0 spiro atoms. The van der Waals surface area contributed by atoms with Gasteiger partial charge in [0, 0.05) is 0 Å². The molecular weight excluding hydrogens is 300 g/mol. The fraction of sp³-hybridized carbons (Fsp3) is 0.444. The van der Waals surface area contributed by atoms with E-state index in [-0.39, 0.29) is 11.5 Å². The third kappa shape index (κ3) is 2.72. The predicted octanol–water partition coefficient (Wildman–Crippen LogP) is 2.54. The standard InChI is InChI=1S/C18H20N6/c19-9-15-13-7-2-1-5-11(13)12-6-3-4-8-14(12)17(15)24-23-16(10-20)18(21)22/h24H,1-8H2,(H3,21,22)/b23-16+. The summed E-state index contributed by atoms with van der Waals surface area (Å²) < 4.78 is 0. The monoisotopic (exact) mass is 320 g/mol. The molecule has 0 saturated carbocycles. The minimum absolute atomic E-state index is 0.166. The average Bonchev–Trinajstić information content (AvgIpc) is 2.61. The molecule has 2 aliphatic carbocycles. The van der Waals surface area contributed by atoms with E-state index in [1.807, 2.05) is 0 Å². The van der Waals surface area contributed by atoms with E-state index < -0.39 is 0 Å². The first kappa shape index (κ1) is 16.0. The van der Waals surface area contributed by atoms with Gasteiger partial charge in [-0.2, -0.15) is 15.6 Å². The van der Waals surface area contributed by atoms with Gasteiger partial charge >= 0.3 is 0 Å². The first-order valence-corrected chi connectivity index (χ1v) is 8.35. The summed E-state index contributed by atoms with van der Waals surface area (Å²) >= 11 is 0. The molecule has 24 heavy (non-hydrogen) atoms. The number of hydrogen-bond acceptors (Lipinski definition) is 5. The van der Waals surface area contributed by atoms with Crippen LogP contribution in [0.2, 0.25) is 0 Å². The van der Waals surface area contributed by atoms with E-state index in [0.29, 0.717) is 11.3 Å². The highest BCUT2D eigenvalue weighted by molar-refractivity contribution is 6.45. The van der Waals surface area contributed by atoms with Crippen molar-refractivity contribution in [2.24, 2.45) is 10.8 Å². The Kier molecular flexibility index (Phi) is 4.48. The van der Waals surface area contributed by atoms with Crippen LogP contribution in [0.5, 0.6) is 0 Å². The lowest BCUT2D eigenvalue weighted by Crippen LogP contribution is -2.23. The van der Waals surface area contributed by atoms with Crippen LogP contribution in [0.3, 0.4) is 0 Å². The number of benzene rings is 1. The van der Waals surface area contributed by atoms with Crippen molar-refractivity contribution in [1.82, 2.24) is 0 Å². The zero-order valence-corrected chi connectivity index (χ0v) is 13.6. The number of nitrogens with two attached hydrogens (primary N) is 1. The molecule has 0 bridgehead atoms. The highest BCUT2D eigenvalue weighted by Gasteiger charge is 2.26. The zero-order valence-electron chi connectivity index (χ0n) is 13.6. The number of amidine groups is 1. The third-order valence-electron chi connectivity index (χ3n) is 4.91. The number of nitrogens with zero attached hydrogens (tertiary/aromatic N) is 3. The fourth-order valence-corrected chi connectivity index (χ4v) is 3.83. The van der Waals surface area contributed by atoms with E-state index in [1.165, 1.54) is 24.0 Å². The van der Waals surface area contributed by atoms with Crippen LogP contribution in [-0.4, -0.2) is 11.5 Å². The molecular formula is C18H20N6.